The van der Waals surface area contributed by atoms with Crippen LogP contribution < -0.4 is 4.90 Å². The summed E-state index contributed by atoms with van der Waals surface area (Å²) < 4.78 is 111. The van der Waals surface area contributed by atoms with Gasteiger partial charge in [-0.1, -0.05) is 42.5 Å². The molecule has 0 saturated carbocycles. The number of aliphatic hydroxyl groups is 1. The van der Waals surface area contributed by atoms with Gasteiger partial charge in [0, 0.05) is 30.0 Å². The van der Waals surface area contributed by atoms with Gasteiger partial charge in [0.05, 0.1) is 6.54 Å². The van der Waals surface area contributed by atoms with Gasteiger partial charge in [0.25, 0.3) is 5.60 Å². The molecule has 0 bridgehead atoms. The number of sulfone groups is 1. The fourth-order valence-corrected chi connectivity index (χ4v) is 5.46. The number of oxazole rings is 1. The highest BCUT2D eigenvalue weighted by molar-refractivity contribution is 7.91. The van der Waals surface area contributed by atoms with Crippen LogP contribution in [-0.2, 0) is 28.4 Å². The van der Waals surface area contributed by atoms with Crippen LogP contribution in [0.4, 0.5) is 32.0 Å². The van der Waals surface area contributed by atoms with Crippen LogP contribution in [0.25, 0.3) is 12.2 Å². The maximum Gasteiger partial charge on any atom is 0.430 e. The predicted molar refractivity (Wildman–Crippen MR) is 128 cm³/mol. The van der Waals surface area contributed by atoms with Crippen molar-refractivity contribution in [2.24, 2.45) is 0 Å². The van der Waals surface area contributed by atoms with E-state index in [0.29, 0.717) is 23.6 Å². The first kappa shape index (κ1) is 27.7. The molecular weight excluding hydrogens is 538 g/mol. The Morgan fingerprint density at radius 1 is 1.05 bits per heavy atom. The van der Waals surface area contributed by atoms with Crippen molar-refractivity contribution in [3.05, 3.63) is 82.6 Å². The molecule has 4 rings (SSSR count). The first-order chi connectivity index (χ1) is 17.5. The van der Waals surface area contributed by atoms with E-state index < -0.39 is 38.7 Å². The summed E-state index contributed by atoms with van der Waals surface area (Å²) in [6.45, 7) is 1.46. The molecule has 0 aliphatic carbocycles. The molecule has 1 unspecified atom stereocenters. The molecule has 3 aromatic rings. The molecule has 13 heteroatoms. The van der Waals surface area contributed by atoms with Crippen molar-refractivity contribution in [3.63, 3.8) is 0 Å². The van der Waals surface area contributed by atoms with Crippen molar-refractivity contribution in [2.75, 3.05) is 11.2 Å². The molecule has 0 amide bonds. The van der Waals surface area contributed by atoms with Crippen molar-refractivity contribution in [2.45, 2.75) is 43.2 Å². The van der Waals surface area contributed by atoms with E-state index in [1.165, 1.54) is 4.90 Å². The zero-order valence-corrected chi connectivity index (χ0v) is 20.8. The van der Waals surface area contributed by atoms with Gasteiger partial charge >= 0.3 is 12.4 Å². The maximum absolute atomic E-state index is 13.4. The summed E-state index contributed by atoms with van der Waals surface area (Å²) >= 11 is 0. The van der Waals surface area contributed by atoms with Crippen molar-refractivity contribution in [1.82, 2.24) is 4.98 Å². The van der Waals surface area contributed by atoms with Crippen LogP contribution in [0.1, 0.15) is 34.0 Å². The molecule has 0 spiro atoms. The highest BCUT2D eigenvalue weighted by Crippen LogP contribution is 2.51. The van der Waals surface area contributed by atoms with Crippen molar-refractivity contribution in [3.8, 4) is 0 Å². The van der Waals surface area contributed by atoms with Crippen molar-refractivity contribution in [1.29, 1.82) is 0 Å². The molecule has 2 heterocycles. The van der Waals surface area contributed by atoms with Crippen molar-refractivity contribution >= 4 is 27.7 Å². The van der Waals surface area contributed by atoms with E-state index in [4.69, 9.17) is 4.42 Å². The number of alkyl halides is 6. The van der Waals surface area contributed by atoms with Crippen LogP contribution in [0.5, 0.6) is 0 Å². The monoisotopic (exact) mass is 560 g/mol. The lowest BCUT2D eigenvalue weighted by atomic mass is 9.90. The average molecular weight is 561 g/mol. The molecule has 6 nitrogen and oxygen atoms in total. The second kappa shape index (κ2) is 9.45. The molecule has 1 aliphatic heterocycles. The molecule has 204 valence electrons. The van der Waals surface area contributed by atoms with Crippen LogP contribution >= 0.6 is 0 Å². The van der Waals surface area contributed by atoms with Crippen LogP contribution in [-0.4, -0.2) is 42.5 Å². The zero-order chi connectivity index (χ0) is 28.1. The van der Waals surface area contributed by atoms with Gasteiger partial charge in [0.1, 0.15) is 16.8 Å². The van der Waals surface area contributed by atoms with Gasteiger partial charge in [-0.3, -0.25) is 0 Å². The molecular formula is C25H22F6N2O4S. The number of aryl methyl sites for hydroxylation is 1. The summed E-state index contributed by atoms with van der Waals surface area (Å²) in [5.74, 6) is 0.589. The Morgan fingerprint density at radius 2 is 1.68 bits per heavy atom. The third-order valence-electron chi connectivity index (χ3n) is 6.31. The number of hydrogen-bond acceptors (Lipinski definition) is 6. The minimum absolute atomic E-state index is 0.0878. The third-order valence-corrected chi connectivity index (χ3v) is 7.72. The fraction of sp³-hybridized carbons (Fsp3) is 0.320. The van der Waals surface area contributed by atoms with Gasteiger partial charge in [0.2, 0.25) is 5.89 Å². The maximum atomic E-state index is 13.4. The van der Waals surface area contributed by atoms with E-state index in [2.05, 4.69) is 4.98 Å². The molecule has 1 aliphatic rings. The van der Waals surface area contributed by atoms with Crippen LogP contribution in [0.15, 0.2) is 52.9 Å². The average Bonchev–Trinajstić information content (AvgIpc) is 3.36. The summed E-state index contributed by atoms with van der Waals surface area (Å²) in [6, 6.07) is 11.3. The Kier molecular flexibility index (Phi) is 6.89. The lowest BCUT2D eigenvalue weighted by Crippen LogP contribution is -2.53. The van der Waals surface area contributed by atoms with Crippen LogP contribution in [0.2, 0.25) is 0 Å². The summed E-state index contributed by atoms with van der Waals surface area (Å²) in [7, 11) is -3.85. The molecule has 38 heavy (non-hydrogen) atoms. The van der Waals surface area contributed by atoms with Gasteiger partial charge < -0.3 is 14.4 Å². The minimum Gasteiger partial charge on any atom is -0.442 e. The number of aromatic nitrogens is 1. The normalized spacial score (nSPS) is 16.9. The van der Waals surface area contributed by atoms with Gasteiger partial charge in [-0.05, 0) is 30.2 Å². The number of fused-ring (bicyclic) bond motifs is 1. The van der Waals surface area contributed by atoms with E-state index in [-0.39, 0.29) is 30.1 Å². The quantitative estimate of drug-likeness (QED) is 0.407. The second-order valence-corrected chi connectivity index (χ2v) is 11.2. The lowest BCUT2D eigenvalue weighted by Gasteiger charge is -2.33. The summed E-state index contributed by atoms with van der Waals surface area (Å²) in [5, 5.41) is 8.49. The Morgan fingerprint density at radius 3 is 2.26 bits per heavy atom. The van der Waals surface area contributed by atoms with Crippen LogP contribution in [0, 0.1) is 6.92 Å². The molecule has 1 N–H and O–H groups in total. The predicted octanol–water partition coefficient (Wildman–Crippen LogP) is 5.40. The molecule has 0 fully saturated rings. The van der Waals surface area contributed by atoms with Gasteiger partial charge in [-0.2, -0.15) is 26.3 Å². The van der Waals surface area contributed by atoms with Crippen molar-refractivity contribution < 1.29 is 44.3 Å². The number of anilines is 1. The Balaban J connectivity index is 1.70. The Hall–Kier alpha value is -3.32. The fourth-order valence-electron chi connectivity index (χ4n) is 4.33. The number of halogens is 6. The molecule has 2 aromatic carbocycles. The Labute approximate surface area is 214 Å². The standard InChI is InChI=1S/C25H22F6N2O4S/c1-15-19(32-21(37-15)11-8-16-6-4-3-5-7-16)14-33-20-10-9-18(12-17(20)13-22(33)38(2,35)36)23(34,24(26,27)28)25(29,30)31/h3-12,22,34H,13-14H2,1-2H3. The van der Waals surface area contributed by atoms with E-state index in [1.54, 1.807) is 19.1 Å². The zero-order valence-electron chi connectivity index (χ0n) is 20.0. The highest BCUT2D eigenvalue weighted by atomic mass is 32.2. The number of benzene rings is 2. The lowest BCUT2D eigenvalue weighted by molar-refractivity contribution is -0.376. The summed E-state index contributed by atoms with van der Waals surface area (Å²) in [4.78, 5) is 5.71. The minimum atomic E-state index is -6.06. The summed E-state index contributed by atoms with van der Waals surface area (Å²) in [6.07, 6.45) is -8.22. The smallest absolute Gasteiger partial charge is 0.430 e. The Bertz CT molecular complexity index is 1450. The van der Waals surface area contributed by atoms with E-state index >= 15 is 0 Å². The third kappa shape index (κ3) is 5.04. The molecule has 1 atom stereocenters. The first-order valence-electron chi connectivity index (χ1n) is 11.2. The number of nitrogens with zero attached hydrogens (tertiary/aromatic N) is 2. The topological polar surface area (TPSA) is 83.6 Å². The van der Waals surface area contributed by atoms with Gasteiger partial charge in [0.15, 0.2) is 9.84 Å². The molecule has 0 saturated heterocycles. The van der Waals surface area contributed by atoms with Crippen LogP contribution in [0.3, 0.4) is 0 Å². The van der Waals surface area contributed by atoms with E-state index in [1.807, 2.05) is 30.3 Å². The highest BCUT2D eigenvalue weighted by Gasteiger charge is 2.71. The van der Waals surface area contributed by atoms with E-state index in [9.17, 15) is 39.9 Å². The summed E-state index contributed by atoms with van der Waals surface area (Å²) in [5.41, 5.74) is -5.33. The largest absolute Gasteiger partial charge is 0.442 e. The van der Waals surface area contributed by atoms with E-state index in [0.717, 1.165) is 17.9 Å². The SMILES string of the molecule is Cc1oc(C=Cc2ccccc2)nc1CN1c2ccc(C(O)(C(F)(F)F)C(F)(F)F)cc2CC1S(C)(=O)=O. The number of hydrogen-bond donors (Lipinski definition) is 1. The van der Waals surface area contributed by atoms with Gasteiger partial charge in [-0.15, -0.1) is 0 Å². The van der Waals surface area contributed by atoms with Gasteiger partial charge in [-0.25, -0.2) is 13.4 Å². The molecule has 1 aromatic heterocycles. The number of rotatable bonds is 6. The first-order valence-corrected chi connectivity index (χ1v) is 13.1. The molecule has 0 radical (unpaired) electrons. The second-order valence-electron chi connectivity index (χ2n) is 8.96.